The van der Waals surface area contributed by atoms with Crippen LogP contribution in [-0.2, 0) is 14.8 Å². The van der Waals surface area contributed by atoms with Gasteiger partial charge in [0.2, 0.25) is 15.9 Å². The number of piperidine rings is 1. The first kappa shape index (κ1) is 21.1. The van der Waals surface area contributed by atoms with E-state index in [1.807, 2.05) is 0 Å². The summed E-state index contributed by atoms with van der Waals surface area (Å²) in [6.45, 7) is 4.68. The fraction of sp³-hybridized carbons (Fsp3) is 0.750. The van der Waals surface area contributed by atoms with Gasteiger partial charge in [-0.05, 0) is 46.5 Å². The van der Waals surface area contributed by atoms with E-state index in [4.69, 9.17) is 4.52 Å². The van der Waals surface area contributed by atoms with Crippen LogP contribution in [0, 0.1) is 13.8 Å². The highest BCUT2D eigenvalue weighted by molar-refractivity contribution is 7.89. The first-order valence-electron chi connectivity index (χ1n) is 8.67. The molecule has 3 rings (SSSR count). The largest absolute Gasteiger partial charge is 0.360 e. The number of likely N-dealkylation sites (N-methyl/N-ethyl adjacent to an activating group) is 1. The van der Waals surface area contributed by atoms with Gasteiger partial charge in [0.15, 0.2) is 5.76 Å². The lowest BCUT2D eigenvalue weighted by Crippen LogP contribution is -2.53. The van der Waals surface area contributed by atoms with E-state index in [-0.39, 0.29) is 40.7 Å². The van der Waals surface area contributed by atoms with Crippen LogP contribution in [0.15, 0.2) is 9.42 Å². The second kappa shape index (κ2) is 7.84. The third-order valence-electron chi connectivity index (χ3n) is 5.28. The third-order valence-corrected chi connectivity index (χ3v) is 7.07. The fourth-order valence-corrected chi connectivity index (χ4v) is 5.56. The number of hydrogen-bond donors (Lipinski definition) is 2. The molecule has 8 nitrogen and oxygen atoms in total. The first-order valence-corrected chi connectivity index (χ1v) is 10.1. The fourth-order valence-electron chi connectivity index (χ4n) is 4.03. The van der Waals surface area contributed by atoms with Gasteiger partial charge < -0.3 is 14.7 Å². The second-order valence-corrected chi connectivity index (χ2v) is 8.86. The van der Waals surface area contributed by atoms with Crippen LogP contribution >= 0.6 is 12.4 Å². The molecular weight excluding hydrogens is 380 g/mol. The number of aryl methyl sites for hydroxylation is 2. The highest BCUT2D eigenvalue weighted by Crippen LogP contribution is 2.29. The van der Waals surface area contributed by atoms with Gasteiger partial charge in [-0.2, -0.15) is 4.72 Å². The Balaban J connectivity index is 0.00000243. The maximum atomic E-state index is 12.7. The molecule has 1 amide bonds. The number of nitrogens with one attached hydrogen (secondary N) is 2. The van der Waals surface area contributed by atoms with Crippen molar-refractivity contribution in [3.63, 3.8) is 0 Å². The molecular formula is C16H27ClN4O4S. The minimum Gasteiger partial charge on any atom is -0.360 e. The summed E-state index contributed by atoms with van der Waals surface area (Å²) in [7, 11) is -2.10. The summed E-state index contributed by atoms with van der Waals surface area (Å²) >= 11 is 0. The zero-order chi connectivity index (χ0) is 18.4. The summed E-state index contributed by atoms with van der Waals surface area (Å²) in [5, 5.41) is 7.22. The van der Waals surface area contributed by atoms with Crippen LogP contribution in [0.5, 0.6) is 0 Å². The molecule has 148 valence electrons. The minimum atomic E-state index is -3.86. The smallest absolute Gasteiger partial charge is 0.246 e. The molecule has 1 aromatic rings. The van der Waals surface area contributed by atoms with E-state index in [0.29, 0.717) is 12.1 Å². The van der Waals surface area contributed by atoms with Crippen molar-refractivity contribution in [3.8, 4) is 0 Å². The number of rotatable bonds is 5. The van der Waals surface area contributed by atoms with Crippen molar-refractivity contribution < 1.29 is 17.7 Å². The number of carbonyl (C=O) groups excluding carboxylic acids is 1. The highest BCUT2D eigenvalue weighted by Gasteiger charge is 2.38. The third kappa shape index (κ3) is 4.05. The van der Waals surface area contributed by atoms with Crippen LogP contribution in [0.4, 0.5) is 0 Å². The molecule has 3 heterocycles. The van der Waals surface area contributed by atoms with Crippen molar-refractivity contribution in [2.45, 2.75) is 75.5 Å². The normalized spacial score (nSPS) is 26.2. The lowest BCUT2D eigenvalue weighted by Gasteiger charge is -2.36. The minimum absolute atomic E-state index is 0. The molecule has 2 fully saturated rings. The predicted molar refractivity (Wildman–Crippen MR) is 98.7 cm³/mol. The number of nitrogens with zero attached hydrogens (tertiary/aromatic N) is 2. The van der Waals surface area contributed by atoms with Crippen molar-refractivity contribution in [1.29, 1.82) is 0 Å². The Morgan fingerprint density at radius 1 is 1.31 bits per heavy atom. The molecule has 1 aromatic heterocycles. The molecule has 3 unspecified atom stereocenters. The van der Waals surface area contributed by atoms with E-state index < -0.39 is 16.1 Å². The molecule has 10 heteroatoms. The number of carbonyl (C=O) groups is 1. The quantitative estimate of drug-likeness (QED) is 0.759. The van der Waals surface area contributed by atoms with Gasteiger partial charge >= 0.3 is 0 Å². The predicted octanol–water partition coefficient (Wildman–Crippen LogP) is 1.12. The van der Waals surface area contributed by atoms with E-state index in [0.717, 1.165) is 25.7 Å². The van der Waals surface area contributed by atoms with Crippen LogP contribution in [0.3, 0.4) is 0 Å². The van der Waals surface area contributed by atoms with Crippen molar-refractivity contribution in [2.75, 3.05) is 7.05 Å². The number of halogens is 1. The molecule has 3 atom stereocenters. The van der Waals surface area contributed by atoms with Gasteiger partial charge in [-0.1, -0.05) is 5.16 Å². The summed E-state index contributed by atoms with van der Waals surface area (Å²) in [4.78, 5) is 14.4. The Kier molecular flexibility index (Phi) is 6.37. The Hall–Kier alpha value is -1.16. The molecule has 0 aromatic carbocycles. The maximum absolute atomic E-state index is 12.7. The van der Waals surface area contributed by atoms with Crippen molar-refractivity contribution >= 4 is 28.3 Å². The van der Waals surface area contributed by atoms with Crippen molar-refractivity contribution in [3.05, 3.63) is 11.5 Å². The molecule has 2 bridgehead atoms. The Bertz CT molecular complexity index is 735. The first-order chi connectivity index (χ1) is 11.7. The van der Waals surface area contributed by atoms with E-state index in [2.05, 4.69) is 15.2 Å². The zero-order valence-corrected chi connectivity index (χ0v) is 17.1. The summed E-state index contributed by atoms with van der Waals surface area (Å²) in [6, 6.07) is 0.232. The summed E-state index contributed by atoms with van der Waals surface area (Å²) < 4.78 is 32.5. The van der Waals surface area contributed by atoms with Gasteiger partial charge in [0, 0.05) is 25.2 Å². The van der Waals surface area contributed by atoms with Gasteiger partial charge in [0.1, 0.15) is 10.6 Å². The average molecular weight is 407 g/mol. The Labute approximate surface area is 160 Å². The van der Waals surface area contributed by atoms with Crippen LogP contribution in [0.1, 0.15) is 44.1 Å². The topological polar surface area (TPSA) is 105 Å². The van der Waals surface area contributed by atoms with Gasteiger partial charge in [-0.3, -0.25) is 4.79 Å². The van der Waals surface area contributed by atoms with E-state index in [1.54, 1.807) is 25.8 Å². The van der Waals surface area contributed by atoms with Crippen LogP contribution in [0.2, 0.25) is 0 Å². The molecule has 26 heavy (non-hydrogen) atoms. The monoisotopic (exact) mass is 406 g/mol. The molecule has 2 aliphatic heterocycles. The zero-order valence-electron chi connectivity index (χ0n) is 15.5. The van der Waals surface area contributed by atoms with Crippen molar-refractivity contribution in [1.82, 2.24) is 20.1 Å². The van der Waals surface area contributed by atoms with E-state index >= 15 is 0 Å². The number of amides is 1. The molecule has 0 saturated carbocycles. The van der Waals surface area contributed by atoms with E-state index in [1.165, 1.54) is 6.92 Å². The SMILES string of the molecule is Cc1noc(C)c1S(=O)(=O)NC(C)C(=O)N(C)C1CC2CCC(C1)N2.Cl. The molecule has 2 saturated heterocycles. The lowest BCUT2D eigenvalue weighted by molar-refractivity contribution is -0.134. The summed E-state index contributed by atoms with van der Waals surface area (Å²) in [5.41, 5.74) is 0.285. The lowest BCUT2D eigenvalue weighted by atomic mass is 9.98. The molecule has 2 N–H and O–H groups in total. The van der Waals surface area contributed by atoms with Gasteiger partial charge in [-0.15, -0.1) is 12.4 Å². The Morgan fingerprint density at radius 2 is 1.88 bits per heavy atom. The average Bonchev–Trinajstić information content (AvgIpc) is 3.06. The number of fused-ring (bicyclic) bond motifs is 2. The van der Waals surface area contributed by atoms with Crippen LogP contribution < -0.4 is 10.0 Å². The van der Waals surface area contributed by atoms with Crippen LogP contribution in [-0.4, -0.2) is 55.6 Å². The number of hydrogen-bond acceptors (Lipinski definition) is 6. The molecule has 0 aliphatic carbocycles. The number of sulfonamides is 1. The second-order valence-electron chi connectivity index (χ2n) is 7.21. The molecule has 0 spiro atoms. The van der Waals surface area contributed by atoms with E-state index in [9.17, 15) is 13.2 Å². The number of aromatic nitrogens is 1. The molecule has 2 aliphatic rings. The summed E-state index contributed by atoms with van der Waals surface area (Å²) in [6.07, 6.45) is 4.14. The standard InChI is InChI=1S/C16H26N4O4S.ClH/c1-9-15(11(3)24-18-9)25(22,23)19-10(2)16(21)20(4)14-7-12-5-6-13(8-14)17-12;/h10,12-14,17,19H,5-8H2,1-4H3;1H. The van der Waals surface area contributed by atoms with Gasteiger partial charge in [0.05, 0.1) is 6.04 Å². The highest BCUT2D eigenvalue weighted by atomic mass is 35.5. The van der Waals surface area contributed by atoms with Gasteiger partial charge in [-0.25, -0.2) is 8.42 Å². The van der Waals surface area contributed by atoms with Crippen LogP contribution in [0.25, 0.3) is 0 Å². The maximum Gasteiger partial charge on any atom is 0.246 e. The molecule has 0 radical (unpaired) electrons. The summed E-state index contributed by atoms with van der Waals surface area (Å²) in [5.74, 6) is -0.00503. The van der Waals surface area contributed by atoms with Crippen molar-refractivity contribution in [2.24, 2.45) is 0 Å². The van der Waals surface area contributed by atoms with Gasteiger partial charge in [0.25, 0.3) is 0 Å². The Morgan fingerprint density at radius 3 is 2.38 bits per heavy atom.